The van der Waals surface area contributed by atoms with Crippen LogP contribution in [-0.4, -0.2) is 44.2 Å². The van der Waals surface area contributed by atoms with Gasteiger partial charge in [0.05, 0.1) is 32.9 Å². The highest BCUT2D eigenvalue weighted by Crippen LogP contribution is 2.39. The van der Waals surface area contributed by atoms with Gasteiger partial charge in [-0.2, -0.15) is 0 Å². The number of imidazole rings is 1. The van der Waals surface area contributed by atoms with Crippen LogP contribution in [0, 0.1) is 6.92 Å². The number of methoxy groups -OCH3 is 4. The van der Waals surface area contributed by atoms with Crippen LogP contribution in [0.4, 0.5) is 0 Å². The minimum atomic E-state index is -0.253. The largest absolute Gasteiger partial charge is 0.496 e. The number of benzene rings is 2. The number of carbonyl (C=O) groups excluding carboxylic acids is 1. The Morgan fingerprint density at radius 3 is 2.07 bits per heavy atom. The van der Waals surface area contributed by atoms with E-state index in [4.69, 9.17) is 18.9 Å². The van der Waals surface area contributed by atoms with Gasteiger partial charge in [-0.25, -0.2) is 4.98 Å². The Morgan fingerprint density at radius 2 is 1.55 bits per heavy atom. The number of ether oxygens (including phenoxy) is 4. The number of halogens is 1. The normalized spacial score (nSPS) is 10.6. The Bertz CT molecular complexity index is 1040. The van der Waals surface area contributed by atoms with E-state index in [0.29, 0.717) is 45.8 Å². The second kappa shape index (κ2) is 8.57. The Balaban J connectivity index is 2.02. The predicted molar refractivity (Wildman–Crippen MR) is 113 cm³/mol. The molecule has 0 fully saturated rings. The molecular weight excluding hydrogens is 440 g/mol. The molecule has 1 aromatic heterocycles. The average Bonchev–Trinajstić information content (AvgIpc) is 3.13. The quantitative estimate of drug-likeness (QED) is 0.525. The van der Waals surface area contributed by atoms with Crippen LogP contribution in [0.1, 0.15) is 21.7 Å². The summed E-state index contributed by atoms with van der Waals surface area (Å²) in [5.74, 6) is 2.28. The molecule has 152 valence electrons. The number of aromatic amines is 1. The molecule has 0 aliphatic rings. The number of nitrogens with zero attached hydrogens (tertiary/aromatic N) is 1. The number of hydrogen-bond donors (Lipinski definition) is 1. The lowest BCUT2D eigenvalue weighted by atomic mass is 10.1. The summed E-state index contributed by atoms with van der Waals surface area (Å²) >= 11 is 3.47. The van der Waals surface area contributed by atoms with Gasteiger partial charge in [0.1, 0.15) is 17.3 Å². The molecule has 0 saturated carbocycles. The lowest BCUT2D eigenvalue weighted by molar-refractivity contribution is 0.103. The Kier molecular flexibility index (Phi) is 6.12. The minimum Gasteiger partial charge on any atom is -0.496 e. The number of ketones is 1. The summed E-state index contributed by atoms with van der Waals surface area (Å²) in [6.07, 6.45) is 0. The van der Waals surface area contributed by atoms with Crippen LogP contribution < -0.4 is 18.9 Å². The van der Waals surface area contributed by atoms with E-state index >= 15 is 0 Å². The van der Waals surface area contributed by atoms with E-state index in [9.17, 15) is 4.79 Å². The molecule has 29 heavy (non-hydrogen) atoms. The molecule has 0 atom stereocenters. The van der Waals surface area contributed by atoms with Gasteiger partial charge in [-0.05, 0) is 53.2 Å². The second-order valence-electron chi connectivity index (χ2n) is 6.15. The number of aryl methyl sites for hydroxylation is 1. The van der Waals surface area contributed by atoms with Gasteiger partial charge in [-0.1, -0.05) is 0 Å². The Morgan fingerprint density at radius 1 is 0.931 bits per heavy atom. The van der Waals surface area contributed by atoms with E-state index < -0.39 is 0 Å². The highest BCUT2D eigenvalue weighted by Gasteiger charge is 2.22. The van der Waals surface area contributed by atoms with Gasteiger partial charge in [-0.3, -0.25) is 4.79 Å². The van der Waals surface area contributed by atoms with Crippen molar-refractivity contribution in [2.75, 3.05) is 28.4 Å². The molecule has 0 amide bonds. The molecular formula is C21H21BrN2O5. The van der Waals surface area contributed by atoms with Crippen molar-refractivity contribution in [3.8, 4) is 34.4 Å². The zero-order chi connectivity index (χ0) is 21.1. The summed E-state index contributed by atoms with van der Waals surface area (Å²) in [7, 11) is 6.12. The van der Waals surface area contributed by atoms with Crippen LogP contribution in [0.15, 0.2) is 34.8 Å². The molecule has 2 aromatic carbocycles. The van der Waals surface area contributed by atoms with Crippen molar-refractivity contribution in [3.05, 3.63) is 51.8 Å². The fourth-order valence-electron chi connectivity index (χ4n) is 2.98. The smallest absolute Gasteiger partial charge is 0.213 e. The van der Waals surface area contributed by atoms with Gasteiger partial charge in [-0.15, -0.1) is 0 Å². The topological polar surface area (TPSA) is 82.7 Å². The molecule has 0 bridgehead atoms. The molecule has 7 nitrogen and oxygen atoms in total. The summed E-state index contributed by atoms with van der Waals surface area (Å²) in [6, 6.07) is 8.81. The monoisotopic (exact) mass is 460 g/mol. The van der Waals surface area contributed by atoms with Crippen molar-refractivity contribution in [3.63, 3.8) is 0 Å². The SMILES string of the molecule is COc1ccc(-c2nc(C(=O)c3cc(OC)c(OC)c(OC)c3)c(C)[nH]2)cc1Br. The van der Waals surface area contributed by atoms with Crippen molar-refractivity contribution in [1.29, 1.82) is 0 Å². The van der Waals surface area contributed by atoms with Crippen LogP contribution in [-0.2, 0) is 0 Å². The van der Waals surface area contributed by atoms with Crippen molar-refractivity contribution in [1.82, 2.24) is 9.97 Å². The summed E-state index contributed by atoms with van der Waals surface area (Å²) in [6.45, 7) is 1.81. The molecule has 0 aliphatic carbocycles. The maximum Gasteiger partial charge on any atom is 0.213 e. The molecule has 3 aromatic rings. The second-order valence-corrected chi connectivity index (χ2v) is 7.01. The third-order valence-electron chi connectivity index (χ3n) is 4.45. The average molecular weight is 461 g/mol. The van der Waals surface area contributed by atoms with E-state index in [1.165, 1.54) is 21.3 Å². The van der Waals surface area contributed by atoms with E-state index in [0.717, 1.165) is 10.0 Å². The van der Waals surface area contributed by atoms with E-state index in [-0.39, 0.29) is 5.78 Å². The molecule has 3 rings (SSSR count). The van der Waals surface area contributed by atoms with Crippen LogP contribution in [0.5, 0.6) is 23.0 Å². The molecule has 0 unspecified atom stereocenters. The lowest BCUT2D eigenvalue weighted by Crippen LogP contribution is -2.06. The first kappa shape index (κ1) is 20.7. The molecule has 1 N–H and O–H groups in total. The van der Waals surface area contributed by atoms with Gasteiger partial charge < -0.3 is 23.9 Å². The summed E-state index contributed by atoms with van der Waals surface area (Å²) < 4.78 is 22.1. The molecule has 1 heterocycles. The fourth-order valence-corrected chi connectivity index (χ4v) is 3.52. The molecule has 0 radical (unpaired) electrons. The van der Waals surface area contributed by atoms with E-state index in [1.54, 1.807) is 26.2 Å². The molecule has 0 aliphatic heterocycles. The summed E-state index contributed by atoms with van der Waals surface area (Å²) in [5, 5.41) is 0. The zero-order valence-electron chi connectivity index (χ0n) is 16.8. The van der Waals surface area contributed by atoms with Crippen LogP contribution in [0.25, 0.3) is 11.4 Å². The first-order valence-electron chi connectivity index (χ1n) is 8.68. The maximum absolute atomic E-state index is 13.2. The number of hydrogen-bond acceptors (Lipinski definition) is 6. The predicted octanol–water partition coefficient (Wildman–Crippen LogP) is 4.41. The summed E-state index contributed by atoms with van der Waals surface area (Å²) in [5.41, 5.74) is 2.19. The van der Waals surface area contributed by atoms with Crippen molar-refractivity contribution >= 4 is 21.7 Å². The summed E-state index contributed by atoms with van der Waals surface area (Å²) in [4.78, 5) is 20.9. The van der Waals surface area contributed by atoms with E-state index in [2.05, 4.69) is 25.9 Å². The van der Waals surface area contributed by atoms with Crippen molar-refractivity contribution < 1.29 is 23.7 Å². The highest BCUT2D eigenvalue weighted by molar-refractivity contribution is 9.10. The van der Waals surface area contributed by atoms with Gasteiger partial charge >= 0.3 is 0 Å². The number of aromatic nitrogens is 2. The fraction of sp³-hybridized carbons (Fsp3) is 0.238. The molecule has 0 spiro atoms. The third kappa shape index (κ3) is 3.93. The first-order valence-corrected chi connectivity index (χ1v) is 9.48. The number of nitrogens with one attached hydrogen (secondary N) is 1. The number of carbonyl (C=O) groups is 1. The van der Waals surface area contributed by atoms with Crippen LogP contribution in [0.2, 0.25) is 0 Å². The zero-order valence-corrected chi connectivity index (χ0v) is 18.3. The van der Waals surface area contributed by atoms with Crippen molar-refractivity contribution in [2.24, 2.45) is 0 Å². The van der Waals surface area contributed by atoms with Gasteiger partial charge in [0.2, 0.25) is 11.5 Å². The first-order chi connectivity index (χ1) is 13.9. The maximum atomic E-state index is 13.2. The molecule has 0 saturated heterocycles. The van der Waals surface area contributed by atoms with Gasteiger partial charge in [0, 0.05) is 16.8 Å². The Labute approximate surface area is 177 Å². The van der Waals surface area contributed by atoms with E-state index in [1.807, 2.05) is 18.2 Å². The van der Waals surface area contributed by atoms with Gasteiger partial charge in [0.25, 0.3) is 0 Å². The highest BCUT2D eigenvalue weighted by atomic mass is 79.9. The number of H-pyrrole nitrogens is 1. The van der Waals surface area contributed by atoms with Crippen LogP contribution in [0.3, 0.4) is 0 Å². The van der Waals surface area contributed by atoms with Gasteiger partial charge in [0.15, 0.2) is 11.5 Å². The third-order valence-corrected chi connectivity index (χ3v) is 5.07. The minimum absolute atomic E-state index is 0.253. The Hall–Kier alpha value is -3.00. The molecule has 8 heteroatoms. The number of rotatable bonds is 7. The lowest BCUT2D eigenvalue weighted by Gasteiger charge is -2.13. The van der Waals surface area contributed by atoms with Crippen molar-refractivity contribution in [2.45, 2.75) is 6.92 Å². The standard InChI is InChI=1S/C21H21BrN2O5/c1-11-18(24-21(23-11)12-6-7-15(26-2)14(22)8-12)19(25)13-9-16(27-3)20(29-5)17(10-13)28-4/h6-10H,1-5H3,(H,23,24). The van der Waals surface area contributed by atoms with Crippen LogP contribution >= 0.6 is 15.9 Å².